The number of hydrogen-bond donors (Lipinski definition) is 1. The third-order valence-corrected chi connectivity index (χ3v) is 3.51. The Bertz CT molecular complexity index is 288. The monoisotopic (exact) mass is 239 g/mol. The van der Waals surface area contributed by atoms with E-state index in [4.69, 9.17) is 5.73 Å². The number of hydrogen-bond acceptors (Lipinski definition) is 1. The summed E-state index contributed by atoms with van der Waals surface area (Å²) in [7, 11) is 0. The van der Waals surface area contributed by atoms with E-state index in [0.717, 1.165) is 5.92 Å². The maximum absolute atomic E-state index is 5.58. The van der Waals surface area contributed by atoms with E-state index in [0.29, 0.717) is 6.54 Å². The van der Waals surface area contributed by atoms with Crippen LogP contribution in [0.15, 0.2) is 24.3 Å². The lowest BCUT2D eigenvalue weighted by Gasteiger charge is -2.21. The fourth-order valence-corrected chi connectivity index (χ4v) is 2.54. The second kappa shape index (κ2) is 6.93. The minimum absolute atomic E-state index is 0. The van der Waals surface area contributed by atoms with Crippen LogP contribution in [0.25, 0.3) is 0 Å². The molecule has 0 aliphatic heterocycles. The topological polar surface area (TPSA) is 26.0 Å². The highest BCUT2D eigenvalue weighted by Crippen LogP contribution is 2.26. The van der Waals surface area contributed by atoms with E-state index >= 15 is 0 Å². The highest BCUT2D eigenvalue weighted by Gasteiger charge is 2.13. The molecule has 2 heteroatoms. The third kappa shape index (κ3) is 3.80. The highest BCUT2D eigenvalue weighted by molar-refractivity contribution is 5.85. The molecule has 0 radical (unpaired) electrons. The summed E-state index contributed by atoms with van der Waals surface area (Å²) in [6, 6.07) is 8.82. The van der Waals surface area contributed by atoms with Crippen molar-refractivity contribution in [3.8, 4) is 0 Å². The van der Waals surface area contributed by atoms with Crippen molar-refractivity contribution in [3.05, 3.63) is 35.4 Å². The summed E-state index contributed by atoms with van der Waals surface area (Å²) < 4.78 is 0. The molecule has 0 aromatic heterocycles. The van der Waals surface area contributed by atoms with Crippen LogP contribution >= 0.6 is 12.4 Å². The van der Waals surface area contributed by atoms with E-state index in [-0.39, 0.29) is 12.4 Å². The second-order valence-corrected chi connectivity index (χ2v) is 4.73. The summed E-state index contributed by atoms with van der Waals surface area (Å²) in [4.78, 5) is 0. The third-order valence-electron chi connectivity index (χ3n) is 3.51. The molecule has 0 heterocycles. The normalized spacial score (nSPS) is 16.8. The molecule has 0 bridgehead atoms. The predicted molar refractivity (Wildman–Crippen MR) is 71.9 cm³/mol. The second-order valence-electron chi connectivity index (χ2n) is 4.73. The molecule has 1 fully saturated rings. The van der Waals surface area contributed by atoms with Gasteiger partial charge in [0, 0.05) is 6.54 Å². The van der Waals surface area contributed by atoms with Gasteiger partial charge in [-0.15, -0.1) is 12.4 Å². The Morgan fingerprint density at radius 1 is 0.938 bits per heavy atom. The Labute approximate surface area is 105 Å². The van der Waals surface area contributed by atoms with E-state index in [1.54, 1.807) is 0 Å². The molecular weight excluding hydrogens is 218 g/mol. The van der Waals surface area contributed by atoms with Gasteiger partial charge in [0.2, 0.25) is 0 Å². The van der Waals surface area contributed by atoms with Crippen LogP contribution in [0, 0.1) is 5.92 Å². The van der Waals surface area contributed by atoms with Gasteiger partial charge < -0.3 is 5.73 Å². The molecule has 90 valence electrons. The number of nitrogens with two attached hydrogens (primary N) is 1. The maximum atomic E-state index is 5.58. The molecule has 1 saturated carbocycles. The first kappa shape index (κ1) is 13.5. The lowest BCUT2D eigenvalue weighted by molar-refractivity contribution is 0.356. The summed E-state index contributed by atoms with van der Waals surface area (Å²) in [5.41, 5.74) is 8.31. The van der Waals surface area contributed by atoms with Crippen molar-refractivity contribution >= 4 is 12.4 Å². The number of rotatable bonds is 3. The standard InChI is InChI=1S/C14H21N.ClH/c15-11-14-8-6-13(7-9-14)10-12-4-2-1-3-5-12;/h6-9,12H,1-5,10-11,15H2;1H. The van der Waals surface area contributed by atoms with Crippen molar-refractivity contribution in [2.24, 2.45) is 11.7 Å². The predicted octanol–water partition coefficient (Wildman–Crippen LogP) is 3.69. The minimum Gasteiger partial charge on any atom is -0.326 e. The van der Waals surface area contributed by atoms with Gasteiger partial charge in [0.05, 0.1) is 0 Å². The van der Waals surface area contributed by atoms with E-state index < -0.39 is 0 Å². The average molecular weight is 240 g/mol. The molecule has 16 heavy (non-hydrogen) atoms. The quantitative estimate of drug-likeness (QED) is 0.856. The van der Waals surface area contributed by atoms with Crippen LogP contribution in [0.3, 0.4) is 0 Å². The Kier molecular flexibility index (Phi) is 5.86. The molecule has 1 nitrogen and oxygen atoms in total. The molecule has 2 N–H and O–H groups in total. The smallest absolute Gasteiger partial charge is 0.0178 e. The molecular formula is C14H22ClN. The van der Waals surface area contributed by atoms with Crippen LogP contribution in [-0.2, 0) is 13.0 Å². The molecule has 0 saturated heterocycles. The van der Waals surface area contributed by atoms with Crippen LogP contribution in [0.1, 0.15) is 43.2 Å². The fraction of sp³-hybridized carbons (Fsp3) is 0.571. The van der Waals surface area contributed by atoms with Gasteiger partial charge in [0.1, 0.15) is 0 Å². The fourth-order valence-electron chi connectivity index (χ4n) is 2.54. The van der Waals surface area contributed by atoms with Crippen molar-refractivity contribution in [2.45, 2.75) is 45.1 Å². The van der Waals surface area contributed by atoms with Crippen molar-refractivity contribution in [1.82, 2.24) is 0 Å². The molecule has 1 aliphatic carbocycles. The zero-order chi connectivity index (χ0) is 10.5. The lowest BCUT2D eigenvalue weighted by Crippen LogP contribution is -2.09. The van der Waals surface area contributed by atoms with E-state index in [2.05, 4.69) is 24.3 Å². The molecule has 1 aliphatic rings. The Hall–Kier alpha value is -0.530. The van der Waals surface area contributed by atoms with Crippen LogP contribution in [-0.4, -0.2) is 0 Å². The zero-order valence-electron chi connectivity index (χ0n) is 9.82. The van der Waals surface area contributed by atoms with Gasteiger partial charge in [-0.3, -0.25) is 0 Å². The molecule has 0 unspecified atom stereocenters. The molecule has 0 spiro atoms. The van der Waals surface area contributed by atoms with Crippen LogP contribution < -0.4 is 5.73 Å². The Morgan fingerprint density at radius 2 is 1.50 bits per heavy atom. The van der Waals surface area contributed by atoms with Gasteiger partial charge >= 0.3 is 0 Å². The molecule has 0 atom stereocenters. The first-order valence-corrected chi connectivity index (χ1v) is 6.16. The van der Waals surface area contributed by atoms with Crippen LogP contribution in [0.2, 0.25) is 0 Å². The summed E-state index contributed by atoms with van der Waals surface area (Å²) >= 11 is 0. The minimum atomic E-state index is 0. The van der Waals surface area contributed by atoms with Crippen molar-refractivity contribution < 1.29 is 0 Å². The summed E-state index contributed by atoms with van der Waals surface area (Å²) in [5.74, 6) is 0.933. The molecule has 1 aromatic carbocycles. The molecule has 2 rings (SSSR count). The van der Waals surface area contributed by atoms with Gasteiger partial charge in [0.15, 0.2) is 0 Å². The van der Waals surface area contributed by atoms with Crippen molar-refractivity contribution in [1.29, 1.82) is 0 Å². The zero-order valence-corrected chi connectivity index (χ0v) is 10.6. The van der Waals surface area contributed by atoms with Gasteiger partial charge in [-0.2, -0.15) is 0 Å². The average Bonchev–Trinajstić information content (AvgIpc) is 2.31. The Morgan fingerprint density at radius 3 is 2.06 bits per heavy atom. The van der Waals surface area contributed by atoms with Gasteiger partial charge in [0.25, 0.3) is 0 Å². The summed E-state index contributed by atoms with van der Waals surface area (Å²) in [5, 5.41) is 0. The highest BCUT2D eigenvalue weighted by atomic mass is 35.5. The Balaban J connectivity index is 0.00000128. The molecule has 0 amide bonds. The van der Waals surface area contributed by atoms with Crippen LogP contribution in [0.4, 0.5) is 0 Å². The van der Waals surface area contributed by atoms with Gasteiger partial charge in [-0.05, 0) is 23.5 Å². The summed E-state index contributed by atoms with van der Waals surface area (Å²) in [6.07, 6.45) is 8.45. The lowest BCUT2D eigenvalue weighted by atomic mass is 9.85. The van der Waals surface area contributed by atoms with Crippen LogP contribution in [0.5, 0.6) is 0 Å². The SMILES string of the molecule is Cl.NCc1ccc(CC2CCCCC2)cc1. The van der Waals surface area contributed by atoms with E-state index in [9.17, 15) is 0 Å². The number of benzene rings is 1. The van der Waals surface area contributed by atoms with Crippen molar-refractivity contribution in [2.75, 3.05) is 0 Å². The summed E-state index contributed by atoms with van der Waals surface area (Å²) in [6.45, 7) is 0.656. The largest absolute Gasteiger partial charge is 0.326 e. The van der Waals surface area contributed by atoms with Gasteiger partial charge in [-0.25, -0.2) is 0 Å². The van der Waals surface area contributed by atoms with Crippen molar-refractivity contribution in [3.63, 3.8) is 0 Å². The first-order valence-electron chi connectivity index (χ1n) is 6.16. The molecule has 1 aromatic rings. The first-order chi connectivity index (χ1) is 7.38. The maximum Gasteiger partial charge on any atom is 0.0178 e. The van der Waals surface area contributed by atoms with E-state index in [1.165, 1.54) is 49.7 Å². The van der Waals surface area contributed by atoms with Gasteiger partial charge in [-0.1, -0.05) is 56.4 Å². The van der Waals surface area contributed by atoms with E-state index in [1.807, 2.05) is 0 Å². The number of halogens is 1.